The number of phenols is 2. The lowest BCUT2D eigenvalue weighted by atomic mass is 9.95. The van der Waals surface area contributed by atoms with Gasteiger partial charge in [-0.25, -0.2) is 45.1 Å². The van der Waals surface area contributed by atoms with E-state index < -0.39 is 117 Å². The van der Waals surface area contributed by atoms with Crippen LogP contribution < -0.4 is 11.5 Å². The number of aromatic amines is 2. The average molecular weight is 969 g/mol. The van der Waals surface area contributed by atoms with Crippen molar-refractivity contribution in [2.45, 2.75) is 24.4 Å². The molecule has 9 rings (SSSR count). The summed E-state index contributed by atoms with van der Waals surface area (Å²) in [7, 11) is 0. The summed E-state index contributed by atoms with van der Waals surface area (Å²) in [5, 5.41) is 62.5. The Balaban J connectivity index is 1.48. The molecule has 12 nitrogen and oxygen atoms in total. The van der Waals surface area contributed by atoms with E-state index in [0.29, 0.717) is 0 Å². The Kier molecular flexibility index (Phi) is 12.4. The zero-order valence-electron chi connectivity index (χ0n) is 35.7. The monoisotopic (exact) mass is 968 g/mol. The normalized spacial score (nSPS) is 14.0. The first-order valence-electron chi connectivity index (χ1n) is 21.0. The Hall–Kier alpha value is -7.72. The van der Waals surface area contributed by atoms with Crippen molar-refractivity contribution in [1.82, 2.24) is 19.9 Å². The van der Waals surface area contributed by atoms with E-state index in [9.17, 15) is 30.6 Å². The van der Waals surface area contributed by atoms with Gasteiger partial charge in [0.25, 0.3) is 0 Å². The van der Waals surface area contributed by atoms with E-state index in [-0.39, 0.29) is 78.6 Å². The van der Waals surface area contributed by atoms with Gasteiger partial charge in [-0.2, -0.15) is 0 Å². The molecule has 2 aliphatic heterocycles. The summed E-state index contributed by atoms with van der Waals surface area (Å²) in [6, 6.07) is 16.4. The molecule has 2 aliphatic rings. The van der Waals surface area contributed by atoms with E-state index in [1.54, 1.807) is 0 Å². The minimum absolute atomic E-state index is 0.0310. The quantitative estimate of drug-likeness (QED) is 0.0464. The number of phenolic OH excluding ortho intramolecular Hbond substituents is 2. The molecule has 3 aromatic heterocycles. The number of hydrogen-bond acceptors (Lipinski definition) is 10. The maximum absolute atomic E-state index is 16.6. The lowest BCUT2D eigenvalue weighted by Gasteiger charge is -2.20. The third-order valence-electron chi connectivity index (χ3n) is 11.9. The van der Waals surface area contributed by atoms with E-state index in [1.807, 2.05) is 0 Å². The number of aromatic hydroxyl groups is 2. The fourth-order valence-corrected chi connectivity index (χ4v) is 8.56. The number of hydrogen-bond donors (Lipinski definition) is 10. The number of nitrogens with one attached hydrogen (secondary N) is 2. The predicted molar refractivity (Wildman–Crippen MR) is 244 cm³/mol. The van der Waals surface area contributed by atoms with Crippen molar-refractivity contribution >= 4 is 46.4 Å². The van der Waals surface area contributed by atoms with Crippen LogP contribution in [0.5, 0.6) is 11.5 Å². The average Bonchev–Trinajstić information content (AvgIpc) is 4.20. The van der Waals surface area contributed by atoms with Crippen molar-refractivity contribution in [2.24, 2.45) is 11.5 Å². The van der Waals surface area contributed by atoms with Gasteiger partial charge in [0.1, 0.15) is 23.7 Å². The number of aliphatic hydroxyl groups is 4. The molecule has 7 aromatic rings. The summed E-state index contributed by atoms with van der Waals surface area (Å²) in [5.74, 6) is -16.8. The highest BCUT2D eigenvalue weighted by Crippen LogP contribution is 2.44. The van der Waals surface area contributed by atoms with Crippen LogP contribution in [0.2, 0.25) is 0 Å². The molecule has 0 saturated heterocycles. The number of aliphatic hydroxyl groups excluding tert-OH is 4. The van der Waals surface area contributed by atoms with Crippen molar-refractivity contribution in [3.8, 4) is 56.0 Å². The number of rotatable bonds is 10. The Labute approximate surface area is 389 Å². The third-order valence-corrected chi connectivity index (χ3v) is 11.9. The Morgan fingerprint density at radius 3 is 1.01 bits per heavy atom. The Bertz CT molecular complexity index is 3250. The molecule has 0 saturated carbocycles. The number of halogens is 8. The molecule has 12 N–H and O–H groups in total. The number of nitrogens with zero attached hydrogens (tertiary/aromatic N) is 2. The molecule has 0 amide bonds. The summed E-state index contributed by atoms with van der Waals surface area (Å²) in [5.41, 5.74) is 3.22. The van der Waals surface area contributed by atoms with E-state index in [4.69, 9.17) is 11.5 Å². The van der Waals surface area contributed by atoms with Crippen molar-refractivity contribution in [1.29, 1.82) is 0 Å². The van der Waals surface area contributed by atoms with E-state index >= 15 is 35.1 Å². The molecule has 2 unspecified atom stereocenters. The SMILES string of the molecule is NC[C@H](O)C(O)c1c(F)c(F)c(-c2c3nc(c(-c4cccc(O)c4)c4ccc([nH]4)c(-c4c(F)c(F)c(C(O)[C@@H](O)CN)c(F)c4F)c4nc(c(-c5cccc(O)c5)c5ccc2[nH]5)C=C4)C=C3)c(F)c1F. The zero-order valence-corrected chi connectivity index (χ0v) is 35.7. The molecule has 0 aliphatic carbocycles. The lowest BCUT2D eigenvalue weighted by Crippen LogP contribution is -2.29. The molecule has 20 heteroatoms. The molecule has 0 fully saturated rings. The molecule has 0 spiro atoms. The van der Waals surface area contributed by atoms with Gasteiger partial charge in [0.05, 0.1) is 57.2 Å². The van der Waals surface area contributed by atoms with Gasteiger partial charge in [-0.1, -0.05) is 24.3 Å². The minimum atomic E-state index is -2.50. The van der Waals surface area contributed by atoms with Crippen LogP contribution in [-0.4, -0.2) is 75.9 Å². The van der Waals surface area contributed by atoms with Gasteiger partial charge >= 0.3 is 0 Å². The van der Waals surface area contributed by atoms with Crippen LogP contribution in [0.3, 0.4) is 0 Å². The van der Waals surface area contributed by atoms with E-state index in [2.05, 4.69) is 19.9 Å². The van der Waals surface area contributed by atoms with Crippen LogP contribution in [0.1, 0.15) is 46.1 Å². The van der Waals surface area contributed by atoms with Gasteiger partial charge < -0.3 is 52.1 Å². The molecular formula is C50H36F8N6O6. The smallest absolute Gasteiger partial charge is 0.170 e. The lowest BCUT2D eigenvalue weighted by molar-refractivity contribution is 0.0190. The molecule has 358 valence electrons. The second-order valence-electron chi connectivity index (χ2n) is 16.2. The Morgan fingerprint density at radius 1 is 0.414 bits per heavy atom. The number of benzene rings is 4. The summed E-state index contributed by atoms with van der Waals surface area (Å²) in [6.45, 7) is -1.48. The minimum Gasteiger partial charge on any atom is -0.508 e. The van der Waals surface area contributed by atoms with Crippen LogP contribution >= 0.6 is 0 Å². The molecule has 8 bridgehead atoms. The van der Waals surface area contributed by atoms with Crippen LogP contribution in [0.25, 0.3) is 90.9 Å². The molecule has 4 atom stereocenters. The van der Waals surface area contributed by atoms with Crippen LogP contribution in [0.4, 0.5) is 35.1 Å². The molecule has 4 aromatic carbocycles. The summed E-state index contributed by atoms with van der Waals surface area (Å²) in [4.78, 5) is 15.3. The largest absolute Gasteiger partial charge is 0.508 e. The van der Waals surface area contributed by atoms with Crippen LogP contribution in [0.15, 0.2) is 72.8 Å². The molecule has 5 heterocycles. The predicted octanol–water partition coefficient (Wildman–Crippen LogP) is 8.55. The van der Waals surface area contributed by atoms with Gasteiger partial charge in [-0.3, -0.25) is 0 Å². The van der Waals surface area contributed by atoms with Crippen molar-refractivity contribution in [3.63, 3.8) is 0 Å². The van der Waals surface area contributed by atoms with Crippen molar-refractivity contribution in [2.75, 3.05) is 13.1 Å². The zero-order chi connectivity index (χ0) is 50.0. The molecule has 70 heavy (non-hydrogen) atoms. The Morgan fingerprint density at radius 2 is 0.714 bits per heavy atom. The highest BCUT2D eigenvalue weighted by molar-refractivity contribution is 6.00. The summed E-state index contributed by atoms with van der Waals surface area (Å²) >= 11 is 0. The number of nitrogens with two attached hydrogens (primary N) is 2. The fourth-order valence-electron chi connectivity index (χ4n) is 8.56. The van der Waals surface area contributed by atoms with Crippen molar-refractivity contribution in [3.05, 3.63) is 153 Å². The molecular weight excluding hydrogens is 933 g/mol. The summed E-state index contributed by atoms with van der Waals surface area (Å²) < 4.78 is 131. The number of H-pyrrole nitrogens is 2. The van der Waals surface area contributed by atoms with Gasteiger partial charge in [0.15, 0.2) is 46.5 Å². The van der Waals surface area contributed by atoms with Gasteiger partial charge in [0.2, 0.25) is 0 Å². The standard InChI is InChI=1S/C50H36F8N6O6/c51-41-37(42(52)46(56)39(45(41)55)49(69)31(67)17-59)35-27-11-7-23(61-27)33(19-3-1-5-21(65)15-19)24-8-12-28(62-24)36(38-43(53)47(57)40(48(58)44(38)54)50(70)32(68)18-60)30-14-10-26(64-30)34(25-9-13-29(35)63-25)20-4-2-6-22(66)16-20/h1-16,31-32,49-50,61,64-70H,17-18,59-60H2/t31-,32-,49?,50?/m0/s1. The van der Waals surface area contributed by atoms with E-state index in [1.165, 1.54) is 97.1 Å². The highest BCUT2D eigenvalue weighted by atomic mass is 19.2. The van der Waals surface area contributed by atoms with Crippen LogP contribution in [-0.2, 0) is 0 Å². The van der Waals surface area contributed by atoms with Gasteiger partial charge in [-0.15, -0.1) is 0 Å². The first-order chi connectivity index (χ1) is 33.4. The second-order valence-corrected chi connectivity index (χ2v) is 16.2. The molecule has 0 radical (unpaired) electrons. The topological polar surface area (TPSA) is 231 Å². The second kappa shape index (κ2) is 18.3. The highest BCUT2D eigenvalue weighted by Gasteiger charge is 2.36. The van der Waals surface area contributed by atoms with E-state index in [0.717, 1.165) is 0 Å². The maximum Gasteiger partial charge on any atom is 0.170 e. The summed E-state index contributed by atoms with van der Waals surface area (Å²) in [6.07, 6.45) is -3.92. The van der Waals surface area contributed by atoms with Crippen LogP contribution in [0, 0.1) is 46.5 Å². The first-order valence-corrected chi connectivity index (χ1v) is 21.0. The maximum atomic E-state index is 16.6. The van der Waals surface area contributed by atoms with Crippen molar-refractivity contribution < 1.29 is 65.8 Å². The first kappa shape index (κ1) is 47.4. The number of fused-ring (bicyclic) bond motifs is 8. The fraction of sp³-hybridized carbons (Fsp3) is 0.120. The van der Waals surface area contributed by atoms with Gasteiger partial charge in [-0.05, 0) is 84.0 Å². The third kappa shape index (κ3) is 7.85. The number of aromatic nitrogens is 4. The van der Waals surface area contributed by atoms with Gasteiger partial charge in [0, 0.05) is 57.4 Å².